The molecule has 0 spiro atoms. The van der Waals surface area contributed by atoms with Crippen molar-refractivity contribution in [1.82, 2.24) is 0 Å². The predicted octanol–water partition coefficient (Wildman–Crippen LogP) is 6.41. The number of anilines is 1. The maximum Gasteiger partial charge on any atom is 0.350 e. The van der Waals surface area contributed by atoms with E-state index in [4.69, 9.17) is 9.47 Å². The quantitative estimate of drug-likeness (QED) is 0.255. The standard InChI is InChI=1S/C13H13NO4.C6H6.2C2H6.CH3Cl/c1-13(2)17-11(15)10(12(16)18-13)8-14-9-6-4-3-5-7-9;1-2-4-6-5-3-1;3*1-2/h3-8,14H,1-2H3;1-6H;2*1-2H3;1H3. The molecule has 0 radical (unpaired) electrons. The summed E-state index contributed by atoms with van der Waals surface area (Å²) in [6.45, 7) is 11.0. The molecule has 1 aliphatic heterocycles. The zero-order chi connectivity index (χ0) is 23.4. The zero-order valence-corrected chi connectivity index (χ0v) is 19.7. The third kappa shape index (κ3) is 12.6. The first-order valence-corrected chi connectivity index (χ1v) is 10.6. The Labute approximate surface area is 186 Å². The number of benzene rings is 2. The van der Waals surface area contributed by atoms with Crippen LogP contribution in [0.25, 0.3) is 0 Å². The summed E-state index contributed by atoms with van der Waals surface area (Å²) < 4.78 is 9.91. The van der Waals surface area contributed by atoms with Gasteiger partial charge in [-0.05, 0) is 12.1 Å². The third-order valence-corrected chi connectivity index (χ3v) is 2.94. The van der Waals surface area contributed by atoms with Crippen LogP contribution in [0.3, 0.4) is 0 Å². The molecule has 166 valence electrons. The summed E-state index contributed by atoms with van der Waals surface area (Å²) in [4.78, 5) is 23.2. The van der Waals surface area contributed by atoms with Crippen molar-refractivity contribution in [2.24, 2.45) is 0 Å². The summed E-state index contributed by atoms with van der Waals surface area (Å²) in [5.74, 6) is -2.60. The summed E-state index contributed by atoms with van der Waals surface area (Å²) in [6.07, 6.45) is 2.76. The number of carbonyl (C=O) groups excluding carboxylic acids is 2. The van der Waals surface area contributed by atoms with Gasteiger partial charge in [0.1, 0.15) is 0 Å². The molecule has 0 bridgehead atoms. The summed E-state index contributed by atoms with van der Waals surface area (Å²) in [7, 11) is 0. The zero-order valence-electron chi connectivity index (χ0n) is 18.9. The lowest BCUT2D eigenvalue weighted by Crippen LogP contribution is -2.42. The summed E-state index contributed by atoms with van der Waals surface area (Å²) in [5.41, 5.74) is 0.605. The molecule has 2 aromatic carbocycles. The van der Waals surface area contributed by atoms with Crippen molar-refractivity contribution in [3.8, 4) is 0 Å². The van der Waals surface area contributed by atoms with Crippen molar-refractivity contribution in [2.75, 3.05) is 11.7 Å². The maximum atomic E-state index is 11.6. The van der Waals surface area contributed by atoms with Crippen LogP contribution in [0.15, 0.2) is 78.5 Å². The smallest absolute Gasteiger partial charge is 0.350 e. The maximum absolute atomic E-state index is 11.6. The lowest BCUT2D eigenvalue weighted by molar-refractivity contribution is -0.222. The summed E-state index contributed by atoms with van der Waals surface area (Å²) >= 11 is 4.64. The molecule has 1 aliphatic rings. The van der Waals surface area contributed by atoms with Crippen molar-refractivity contribution in [1.29, 1.82) is 0 Å². The van der Waals surface area contributed by atoms with Crippen LogP contribution in [-0.2, 0) is 19.1 Å². The van der Waals surface area contributed by atoms with Crippen LogP contribution >= 0.6 is 11.6 Å². The molecule has 3 rings (SSSR count). The summed E-state index contributed by atoms with van der Waals surface area (Å²) in [5, 5.41) is 2.84. The molecule has 0 saturated carbocycles. The van der Waals surface area contributed by atoms with Gasteiger partial charge >= 0.3 is 11.9 Å². The first-order chi connectivity index (χ1) is 14.5. The van der Waals surface area contributed by atoms with Crippen molar-refractivity contribution in [3.05, 3.63) is 78.5 Å². The fraction of sp³-hybridized carbons (Fsp3) is 0.333. The van der Waals surface area contributed by atoms with E-state index in [1.54, 1.807) is 12.1 Å². The molecule has 30 heavy (non-hydrogen) atoms. The summed E-state index contributed by atoms with van der Waals surface area (Å²) in [6, 6.07) is 21.1. The van der Waals surface area contributed by atoms with Gasteiger partial charge in [-0.3, -0.25) is 0 Å². The van der Waals surface area contributed by atoms with Gasteiger partial charge in [-0.15, -0.1) is 11.6 Å². The van der Waals surface area contributed by atoms with Crippen LogP contribution in [0.2, 0.25) is 0 Å². The molecule has 0 aromatic heterocycles. The van der Waals surface area contributed by atoms with Crippen LogP contribution in [0.1, 0.15) is 41.5 Å². The van der Waals surface area contributed by atoms with E-state index in [2.05, 4.69) is 16.9 Å². The Balaban J connectivity index is 0. The number of carbonyl (C=O) groups is 2. The van der Waals surface area contributed by atoms with Crippen LogP contribution in [0.4, 0.5) is 5.69 Å². The Hall–Kier alpha value is -2.79. The first kappa shape index (κ1) is 29.4. The Kier molecular flexibility index (Phi) is 17.9. The number of esters is 2. The van der Waals surface area contributed by atoms with Crippen LogP contribution < -0.4 is 5.32 Å². The fourth-order valence-electron chi connectivity index (χ4n) is 1.85. The number of para-hydroxylation sites is 1. The predicted molar refractivity (Wildman–Crippen MR) is 125 cm³/mol. The molecule has 2 aromatic rings. The molecule has 0 unspecified atom stereocenters. The minimum Gasteiger partial charge on any atom is -0.419 e. The topological polar surface area (TPSA) is 64.6 Å². The van der Waals surface area contributed by atoms with E-state index in [9.17, 15) is 9.59 Å². The lowest BCUT2D eigenvalue weighted by Gasteiger charge is -2.29. The van der Waals surface area contributed by atoms with E-state index in [0.29, 0.717) is 0 Å². The number of halogens is 1. The number of rotatable bonds is 2. The molecule has 5 nitrogen and oxygen atoms in total. The third-order valence-electron chi connectivity index (χ3n) is 2.94. The highest BCUT2D eigenvalue weighted by Crippen LogP contribution is 2.22. The molecule has 0 aliphatic carbocycles. The molecule has 1 heterocycles. The molecule has 6 heteroatoms. The number of hydrogen-bond donors (Lipinski definition) is 1. The average molecular weight is 436 g/mol. The van der Waals surface area contributed by atoms with Gasteiger partial charge in [-0.1, -0.05) is 82.3 Å². The van der Waals surface area contributed by atoms with Crippen molar-refractivity contribution >= 4 is 29.2 Å². The highest BCUT2D eigenvalue weighted by molar-refractivity contribution is 6.15. The van der Waals surface area contributed by atoms with Crippen LogP contribution in [-0.4, -0.2) is 24.1 Å². The number of cyclic esters (lactones) is 2. The van der Waals surface area contributed by atoms with Crippen LogP contribution in [0, 0.1) is 0 Å². The SMILES string of the molecule is CC.CC.CC1(C)OC(=O)C(=CNc2ccccc2)C(=O)O1.CCl.c1ccccc1. The Morgan fingerprint density at radius 2 is 1.07 bits per heavy atom. The highest BCUT2D eigenvalue weighted by Gasteiger charge is 2.38. The Bertz CT molecular complexity index is 668. The van der Waals surface area contributed by atoms with Crippen molar-refractivity contribution < 1.29 is 19.1 Å². The second kappa shape index (κ2) is 18.3. The number of alkyl halides is 1. The van der Waals surface area contributed by atoms with Gasteiger partial charge in [0.2, 0.25) is 0 Å². The molecule has 0 amide bonds. The molecule has 1 saturated heterocycles. The van der Waals surface area contributed by atoms with Gasteiger partial charge in [0.05, 0.1) is 0 Å². The Morgan fingerprint density at radius 3 is 1.43 bits per heavy atom. The molecule has 1 N–H and O–H groups in total. The minimum atomic E-state index is -1.21. The van der Waals surface area contributed by atoms with E-state index >= 15 is 0 Å². The molecular weight excluding hydrogens is 402 g/mol. The van der Waals surface area contributed by atoms with E-state index in [-0.39, 0.29) is 5.57 Å². The van der Waals surface area contributed by atoms with Gasteiger partial charge in [-0.25, -0.2) is 9.59 Å². The molecule has 1 fully saturated rings. The number of ether oxygens (including phenoxy) is 2. The number of hydrogen-bond acceptors (Lipinski definition) is 5. The van der Waals surface area contributed by atoms with Gasteiger partial charge in [-0.2, -0.15) is 0 Å². The van der Waals surface area contributed by atoms with Crippen LogP contribution in [0.5, 0.6) is 0 Å². The van der Waals surface area contributed by atoms with E-state index < -0.39 is 17.7 Å². The molecular formula is C24H34ClNO4. The highest BCUT2D eigenvalue weighted by atomic mass is 35.5. The van der Waals surface area contributed by atoms with Gasteiger partial charge < -0.3 is 14.8 Å². The van der Waals surface area contributed by atoms with Gasteiger partial charge in [0.15, 0.2) is 5.57 Å². The molecule has 0 atom stereocenters. The average Bonchev–Trinajstić information content (AvgIpc) is 2.79. The normalized spacial score (nSPS) is 12.9. The van der Waals surface area contributed by atoms with Crippen molar-refractivity contribution in [3.63, 3.8) is 0 Å². The minimum absolute atomic E-state index is 0.154. The first-order valence-electron chi connectivity index (χ1n) is 9.84. The van der Waals surface area contributed by atoms with Gasteiger partial charge in [0, 0.05) is 32.1 Å². The lowest BCUT2D eigenvalue weighted by atomic mass is 10.2. The van der Waals surface area contributed by atoms with E-state index in [1.807, 2.05) is 82.3 Å². The largest absolute Gasteiger partial charge is 0.419 e. The van der Waals surface area contributed by atoms with E-state index in [1.165, 1.54) is 26.4 Å². The van der Waals surface area contributed by atoms with Gasteiger partial charge in [0.25, 0.3) is 5.79 Å². The van der Waals surface area contributed by atoms with E-state index in [0.717, 1.165) is 5.69 Å². The number of nitrogens with one attached hydrogen (secondary N) is 1. The second-order valence-electron chi connectivity index (χ2n) is 5.40. The fourth-order valence-corrected chi connectivity index (χ4v) is 1.85. The Morgan fingerprint density at radius 1 is 0.733 bits per heavy atom. The van der Waals surface area contributed by atoms with Crippen molar-refractivity contribution in [2.45, 2.75) is 47.3 Å². The monoisotopic (exact) mass is 435 g/mol. The second-order valence-corrected chi connectivity index (χ2v) is 5.40.